The van der Waals surface area contributed by atoms with Crippen LogP contribution in [0.2, 0.25) is 0 Å². The molecule has 19 heavy (non-hydrogen) atoms. The predicted molar refractivity (Wildman–Crippen MR) is 70.9 cm³/mol. The fraction of sp³-hybridized carbons (Fsp3) is 0.500. The number of aromatic carboxylic acids is 1. The van der Waals surface area contributed by atoms with E-state index in [0.717, 1.165) is 0 Å². The Morgan fingerprint density at radius 2 is 1.84 bits per heavy atom. The second kappa shape index (κ2) is 4.51. The molecule has 1 aliphatic heterocycles. The molecule has 1 fully saturated rings. The fourth-order valence-electron chi connectivity index (χ4n) is 2.03. The van der Waals surface area contributed by atoms with E-state index in [1.165, 1.54) is 6.07 Å². The van der Waals surface area contributed by atoms with Gasteiger partial charge in [-0.15, -0.1) is 0 Å². The topological polar surface area (TPSA) is 81.8 Å². The van der Waals surface area contributed by atoms with Gasteiger partial charge in [0.2, 0.25) is 0 Å². The fourth-order valence-corrected chi connectivity index (χ4v) is 2.03. The standard InChI is InChI=1S/C14H19NO4/c1-13(2)7-18-14(3,19-8-13)11-6-9(15)4-5-10(11)12(16)17/h4-6H,7-8,15H2,1-3H3,(H,16,17). The summed E-state index contributed by atoms with van der Waals surface area (Å²) in [5.41, 5.74) is 6.75. The van der Waals surface area contributed by atoms with Gasteiger partial charge in [-0.2, -0.15) is 0 Å². The van der Waals surface area contributed by atoms with E-state index < -0.39 is 11.8 Å². The van der Waals surface area contributed by atoms with Gasteiger partial charge in [-0.05, 0) is 25.1 Å². The SMILES string of the molecule is CC1(C)COC(C)(c2cc(N)ccc2C(=O)O)OC1. The number of nitrogen functional groups attached to an aromatic ring is 1. The Hall–Kier alpha value is -1.59. The summed E-state index contributed by atoms with van der Waals surface area (Å²) in [6.45, 7) is 6.78. The lowest BCUT2D eigenvalue weighted by atomic mass is 9.92. The molecule has 0 aliphatic carbocycles. The second-order valence-electron chi connectivity index (χ2n) is 5.80. The van der Waals surface area contributed by atoms with Gasteiger partial charge >= 0.3 is 5.97 Å². The highest BCUT2D eigenvalue weighted by atomic mass is 16.7. The van der Waals surface area contributed by atoms with Gasteiger partial charge in [0.05, 0.1) is 18.8 Å². The number of anilines is 1. The number of benzene rings is 1. The molecule has 1 aliphatic rings. The van der Waals surface area contributed by atoms with Gasteiger partial charge in [-0.3, -0.25) is 0 Å². The minimum atomic E-state index is -1.07. The lowest BCUT2D eigenvalue weighted by molar-refractivity contribution is -0.298. The van der Waals surface area contributed by atoms with Crippen LogP contribution < -0.4 is 5.73 Å². The summed E-state index contributed by atoms with van der Waals surface area (Å²) in [6.07, 6.45) is 0. The van der Waals surface area contributed by atoms with Crippen LogP contribution in [-0.2, 0) is 15.3 Å². The maximum Gasteiger partial charge on any atom is 0.336 e. The van der Waals surface area contributed by atoms with Crippen molar-refractivity contribution in [3.05, 3.63) is 29.3 Å². The minimum Gasteiger partial charge on any atom is -0.478 e. The van der Waals surface area contributed by atoms with Gasteiger partial charge in [0.1, 0.15) is 0 Å². The molecule has 1 heterocycles. The maximum absolute atomic E-state index is 11.3. The average molecular weight is 265 g/mol. The highest BCUT2D eigenvalue weighted by Gasteiger charge is 2.40. The number of hydrogen-bond donors (Lipinski definition) is 2. The average Bonchev–Trinajstić information content (AvgIpc) is 2.33. The molecule has 104 valence electrons. The molecule has 0 unspecified atom stereocenters. The number of carboxylic acids is 1. The zero-order valence-corrected chi connectivity index (χ0v) is 11.4. The van der Waals surface area contributed by atoms with Crippen molar-refractivity contribution in [2.75, 3.05) is 18.9 Å². The van der Waals surface area contributed by atoms with Crippen LogP contribution in [0.5, 0.6) is 0 Å². The maximum atomic E-state index is 11.3. The highest BCUT2D eigenvalue weighted by Crippen LogP contribution is 2.38. The van der Waals surface area contributed by atoms with Crippen molar-refractivity contribution >= 4 is 11.7 Å². The van der Waals surface area contributed by atoms with E-state index in [9.17, 15) is 9.90 Å². The molecule has 1 saturated heterocycles. The third-order valence-corrected chi connectivity index (χ3v) is 3.24. The molecule has 0 aromatic heterocycles. The summed E-state index contributed by atoms with van der Waals surface area (Å²) in [5, 5.41) is 9.25. The molecule has 1 aromatic carbocycles. The molecular formula is C14H19NO4. The molecule has 3 N–H and O–H groups in total. The molecule has 0 bridgehead atoms. The first-order valence-electron chi connectivity index (χ1n) is 6.15. The van der Waals surface area contributed by atoms with Crippen LogP contribution in [0.1, 0.15) is 36.7 Å². The van der Waals surface area contributed by atoms with E-state index in [4.69, 9.17) is 15.2 Å². The third kappa shape index (κ3) is 2.72. The first-order valence-corrected chi connectivity index (χ1v) is 6.15. The van der Waals surface area contributed by atoms with Crippen molar-refractivity contribution in [1.82, 2.24) is 0 Å². The van der Waals surface area contributed by atoms with Gasteiger partial charge in [-0.1, -0.05) is 13.8 Å². The smallest absolute Gasteiger partial charge is 0.336 e. The van der Waals surface area contributed by atoms with E-state index in [-0.39, 0.29) is 11.0 Å². The molecule has 1 aromatic rings. The van der Waals surface area contributed by atoms with Gasteiger partial charge in [0.15, 0.2) is 5.79 Å². The van der Waals surface area contributed by atoms with Crippen LogP contribution >= 0.6 is 0 Å². The van der Waals surface area contributed by atoms with E-state index >= 15 is 0 Å². The minimum absolute atomic E-state index is 0.0801. The molecule has 5 nitrogen and oxygen atoms in total. The number of rotatable bonds is 2. The van der Waals surface area contributed by atoms with Crippen LogP contribution in [0.15, 0.2) is 18.2 Å². The summed E-state index contributed by atoms with van der Waals surface area (Å²) in [5.74, 6) is -2.09. The predicted octanol–water partition coefficient (Wildman–Crippen LogP) is 2.21. The van der Waals surface area contributed by atoms with Crippen molar-refractivity contribution in [1.29, 1.82) is 0 Å². The zero-order chi connectivity index (χ0) is 14.3. The van der Waals surface area contributed by atoms with Crippen LogP contribution in [-0.4, -0.2) is 24.3 Å². The van der Waals surface area contributed by atoms with Crippen molar-refractivity contribution in [2.24, 2.45) is 5.41 Å². The summed E-state index contributed by atoms with van der Waals surface area (Å²) in [6, 6.07) is 4.63. The molecule has 0 amide bonds. The second-order valence-corrected chi connectivity index (χ2v) is 5.80. The molecular weight excluding hydrogens is 246 g/mol. The van der Waals surface area contributed by atoms with Crippen LogP contribution in [0.4, 0.5) is 5.69 Å². The van der Waals surface area contributed by atoms with E-state index in [0.29, 0.717) is 24.5 Å². The first kappa shape index (κ1) is 13.8. The zero-order valence-electron chi connectivity index (χ0n) is 11.4. The first-order chi connectivity index (χ1) is 8.73. The Morgan fingerprint density at radius 3 is 2.37 bits per heavy atom. The van der Waals surface area contributed by atoms with Gasteiger partial charge in [0, 0.05) is 16.7 Å². The number of hydrogen-bond acceptors (Lipinski definition) is 4. The molecule has 0 spiro atoms. The van der Waals surface area contributed by atoms with Crippen molar-refractivity contribution < 1.29 is 19.4 Å². The molecule has 0 atom stereocenters. The molecule has 5 heteroatoms. The third-order valence-electron chi connectivity index (χ3n) is 3.24. The summed E-state index contributed by atoms with van der Waals surface area (Å²) in [7, 11) is 0. The van der Waals surface area contributed by atoms with Gasteiger partial charge in [0.25, 0.3) is 0 Å². The summed E-state index contributed by atoms with van der Waals surface area (Å²) < 4.78 is 11.5. The number of ether oxygens (including phenoxy) is 2. The Bertz CT molecular complexity index is 500. The number of nitrogens with two attached hydrogens (primary N) is 1. The molecule has 2 rings (SSSR count). The van der Waals surface area contributed by atoms with Crippen LogP contribution in [0.25, 0.3) is 0 Å². The molecule has 0 radical (unpaired) electrons. The summed E-state index contributed by atoms with van der Waals surface area (Å²) in [4.78, 5) is 11.3. The Kier molecular flexibility index (Phi) is 3.28. The van der Waals surface area contributed by atoms with Crippen LogP contribution in [0.3, 0.4) is 0 Å². The number of carboxylic acid groups (broad SMARTS) is 1. The highest BCUT2D eigenvalue weighted by molar-refractivity contribution is 5.90. The van der Waals surface area contributed by atoms with Crippen molar-refractivity contribution in [3.63, 3.8) is 0 Å². The van der Waals surface area contributed by atoms with Gasteiger partial charge < -0.3 is 20.3 Å². The quantitative estimate of drug-likeness (QED) is 0.801. The Balaban J connectivity index is 2.41. The largest absolute Gasteiger partial charge is 0.478 e. The van der Waals surface area contributed by atoms with E-state index in [1.54, 1.807) is 19.1 Å². The lowest BCUT2D eigenvalue weighted by Gasteiger charge is -2.42. The van der Waals surface area contributed by atoms with E-state index in [2.05, 4.69) is 0 Å². The van der Waals surface area contributed by atoms with E-state index in [1.807, 2.05) is 13.8 Å². The lowest BCUT2D eigenvalue weighted by Crippen LogP contribution is -2.44. The normalized spacial score (nSPS) is 21.0. The van der Waals surface area contributed by atoms with Gasteiger partial charge in [-0.25, -0.2) is 4.79 Å². The van der Waals surface area contributed by atoms with Crippen LogP contribution in [0, 0.1) is 5.41 Å². The Morgan fingerprint density at radius 1 is 1.26 bits per heavy atom. The molecule has 0 saturated carbocycles. The monoisotopic (exact) mass is 265 g/mol. The Labute approximate surface area is 112 Å². The number of carbonyl (C=O) groups is 1. The van der Waals surface area contributed by atoms with Crippen molar-refractivity contribution in [3.8, 4) is 0 Å². The summed E-state index contributed by atoms with van der Waals surface area (Å²) >= 11 is 0. The van der Waals surface area contributed by atoms with Crippen molar-refractivity contribution in [2.45, 2.75) is 26.6 Å².